The van der Waals surface area contributed by atoms with Gasteiger partial charge in [-0.3, -0.25) is 0 Å². The highest BCUT2D eigenvalue weighted by Gasteiger charge is 2.16. The highest BCUT2D eigenvalue weighted by Crippen LogP contribution is 2.15. The summed E-state index contributed by atoms with van der Waals surface area (Å²) in [7, 11) is 0. The van der Waals surface area contributed by atoms with Crippen molar-refractivity contribution in [2.75, 3.05) is 0 Å². The Labute approximate surface area is 98.8 Å². The van der Waals surface area contributed by atoms with E-state index in [0.29, 0.717) is 12.1 Å². The minimum Gasteiger partial charge on any atom is -0.358 e. The van der Waals surface area contributed by atoms with Gasteiger partial charge in [-0.15, -0.1) is 0 Å². The monoisotopic (exact) mass is 231 g/mol. The molecule has 0 unspecified atom stereocenters. The number of nitrogens with zero attached hydrogens (tertiary/aromatic N) is 3. The van der Waals surface area contributed by atoms with Crippen molar-refractivity contribution in [3.05, 3.63) is 57.3 Å². The van der Waals surface area contributed by atoms with Gasteiger partial charge in [0.25, 0.3) is 0 Å². The van der Waals surface area contributed by atoms with E-state index in [1.54, 1.807) is 17.8 Å². The molecular weight excluding hydrogens is 218 g/mol. The van der Waals surface area contributed by atoms with Crippen molar-refractivity contribution in [3.63, 3.8) is 0 Å². The topological polar surface area (TPSA) is 61.0 Å². The first-order valence-corrected chi connectivity index (χ1v) is 5.30. The molecule has 0 aliphatic heterocycles. The Kier molecular flexibility index (Phi) is 2.91. The first-order chi connectivity index (χ1) is 8.06. The minimum atomic E-state index is -0.456. The Morgan fingerprint density at radius 1 is 1.41 bits per heavy atom. The lowest BCUT2D eigenvalue weighted by molar-refractivity contribution is -0.390. The molecule has 0 aliphatic rings. The molecule has 2 aromatic rings. The van der Waals surface area contributed by atoms with E-state index in [4.69, 9.17) is 0 Å². The summed E-state index contributed by atoms with van der Waals surface area (Å²) < 4.78 is 1.60. The summed E-state index contributed by atoms with van der Waals surface area (Å²) in [6.07, 6.45) is 1.69. The summed E-state index contributed by atoms with van der Waals surface area (Å²) in [4.78, 5) is 10.2. The summed E-state index contributed by atoms with van der Waals surface area (Å²) >= 11 is 0. The van der Waals surface area contributed by atoms with Gasteiger partial charge in [0.05, 0.1) is 23.4 Å². The lowest BCUT2D eigenvalue weighted by Gasteiger charge is -1.99. The number of hydrogen-bond donors (Lipinski definition) is 0. The van der Waals surface area contributed by atoms with Crippen molar-refractivity contribution < 1.29 is 4.92 Å². The fourth-order valence-corrected chi connectivity index (χ4v) is 1.77. The summed E-state index contributed by atoms with van der Waals surface area (Å²) in [6.45, 7) is 4.26. The Morgan fingerprint density at radius 2 is 2.18 bits per heavy atom. The Morgan fingerprint density at radius 3 is 2.76 bits per heavy atom. The average molecular weight is 231 g/mol. The second kappa shape index (κ2) is 4.37. The molecule has 0 fully saturated rings. The molecule has 0 N–H and O–H groups in total. The van der Waals surface area contributed by atoms with Crippen molar-refractivity contribution >= 4 is 5.82 Å². The first-order valence-electron chi connectivity index (χ1n) is 5.30. The Balaban J connectivity index is 2.25. The van der Waals surface area contributed by atoms with E-state index < -0.39 is 4.92 Å². The number of benzene rings is 1. The quantitative estimate of drug-likeness (QED) is 0.602. The van der Waals surface area contributed by atoms with Crippen LogP contribution >= 0.6 is 0 Å². The van der Waals surface area contributed by atoms with Crippen LogP contribution < -0.4 is 0 Å². The van der Waals surface area contributed by atoms with Gasteiger partial charge >= 0.3 is 5.82 Å². The Hall–Kier alpha value is -2.17. The highest BCUT2D eigenvalue weighted by atomic mass is 16.6. The van der Waals surface area contributed by atoms with E-state index in [0.717, 1.165) is 5.56 Å². The highest BCUT2D eigenvalue weighted by molar-refractivity contribution is 5.29. The van der Waals surface area contributed by atoms with Gasteiger partial charge in [0.15, 0.2) is 0 Å². The summed E-state index contributed by atoms with van der Waals surface area (Å²) in [5.74, 6) is -0.0716. The lowest BCUT2D eigenvalue weighted by atomic mass is 10.1. The molecule has 0 amide bonds. The molecule has 5 nitrogen and oxygen atoms in total. The van der Waals surface area contributed by atoms with E-state index in [1.165, 1.54) is 5.56 Å². The maximum absolute atomic E-state index is 10.7. The number of hydrogen-bond acceptors (Lipinski definition) is 3. The summed E-state index contributed by atoms with van der Waals surface area (Å²) in [6, 6.07) is 8.01. The lowest BCUT2D eigenvalue weighted by Crippen LogP contribution is -2.01. The van der Waals surface area contributed by atoms with Gasteiger partial charge < -0.3 is 10.1 Å². The third-order valence-electron chi connectivity index (χ3n) is 2.52. The van der Waals surface area contributed by atoms with Gasteiger partial charge in [-0.1, -0.05) is 29.8 Å². The second-order valence-corrected chi connectivity index (χ2v) is 4.08. The number of nitro groups is 1. The number of aryl methyl sites for hydroxylation is 2. The molecule has 88 valence electrons. The molecule has 0 bridgehead atoms. The molecule has 0 radical (unpaired) electrons. The van der Waals surface area contributed by atoms with Gasteiger partial charge in [-0.05, 0) is 24.3 Å². The molecule has 1 aromatic carbocycles. The maximum atomic E-state index is 10.7. The van der Waals surface area contributed by atoms with Crippen LogP contribution in [0.1, 0.15) is 16.7 Å². The zero-order chi connectivity index (χ0) is 12.4. The van der Waals surface area contributed by atoms with Crippen LogP contribution in [0.25, 0.3) is 0 Å². The van der Waals surface area contributed by atoms with Crippen LogP contribution in [0.3, 0.4) is 0 Å². The van der Waals surface area contributed by atoms with E-state index in [-0.39, 0.29) is 5.82 Å². The molecule has 17 heavy (non-hydrogen) atoms. The van der Waals surface area contributed by atoms with E-state index >= 15 is 0 Å². The van der Waals surface area contributed by atoms with E-state index in [9.17, 15) is 10.1 Å². The maximum Gasteiger partial charge on any atom is 0.392 e. The largest absolute Gasteiger partial charge is 0.392 e. The van der Waals surface area contributed by atoms with E-state index in [1.807, 2.05) is 31.2 Å². The average Bonchev–Trinajstić information content (AvgIpc) is 2.59. The molecule has 5 heteroatoms. The van der Waals surface area contributed by atoms with Crippen molar-refractivity contribution in [1.82, 2.24) is 9.78 Å². The Bertz CT molecular complexity index is 561. The van der Waals surface area contributed by atoms with Crippen molar-refractivity contribution in [2.45, 2.75) is 20.4 Å². The van der Waals surface area contributed by atoms with Crippen LogP contribution in [0.5, 0.6) is 0 Å². The van der Waals surface area contributed by atoms with E-state index in [2.05, 4.69) is 5.10 Å². The molecular formula is C12H13N3O2. The van der Waals surface area contributed by atoms with Gasteiger partial charge in [0, 0.05) is 0 Å². The third-order valence-corrected chi connectivity index (χ3v) is 2.52. The standard InChI is InChI=1S/C12H13N3O2/c1-9-4-3-5-11(6-9)8-14-7-10(2)12(13-14)15(16)17/h3-7H,8H2,1-2H3. The molecule has 0 atom stereocenters. The van der Waals surface area contributed by atoms with Crippen molar-refractivity contribution in [2.24, 2.45) is 0 Å². The van der Waals surface area contributed by atoms with Crippen molar-refractivity contribution in [3.8, 4) is 0 Å². The number of aromatic nitrogens is 2. The first kappa shape index (κ1) is 11.3. The van der Waals surface area contributed by atoms with Crippen LogP contribution in [0.4, 0.5) is 5.82 Å². The normalized spacial score (nSPS) is 10.5. The fourth-order valence-electron chi connectivity index (χ4n) is 1.77. The summed E-state index contributed by atoms with van der Waals surface area (Å²) in [5.41, 5.74) is 2.84. The molecule has 1 aromatic heterocycles. The third kappa shape index (κ3) is 2.50. The minimum absolute atomic E-state index is 0.0716. The fraction of sp³-hybridized carbons (Fsp3) is 0.250. The predicted molar refractivity (Wildman–Crippen MR) is 63.9 cm³/mol. The van der Waals surface area contributed by atoms with Crippen LogP contribution in [-0.2, 0) is 6.54 Å². The van der Waals surface area contributed by atoms with Gasteiger partial charge in [-0.25, -0.2) is 0 Å². The van der Waals surface area contributed by atoms with Gasteiger partial charge in [-0.2, -0.15) is 4.68 Å². The zero-order valence-electron chi connectivity index (χ0n) is 9.75. The summed E-state index contributed by atoms with van der Waals surface area (Å²) in [5, 5.41) is 14.6. The van der Waals surface area contributed by atoms with Crippen LogP contribution in [0, 0.1) is 24.0 Å². The van der Waals surface area contributed by atoms with Gasteiger partial charge in [0.2, 0.25) is 0 Å². The van der Waals surface area contributed by atoms with Crippen molar-refractivity contribution in [1.29, 1.82) is 0 Å². The smallest absolute Gasteiger partial charge is 0.358 e. The zero-order valence-corrected chi connectivity index (χ0v) is 9.75. The van der Waals surface area contributed by atoms with Crippen LogP contribution in [0.15, 0.2) is 30.5 Å². The van der Waals surface area contributed by atoms with Gasteiger partial charge in [0.1, 0.15) is 0 Å². The van der Waals surface area contributed by atoms with Crippen LogP contribution in [0.2, 0.25) is 0 Å². The predicted octanol–water partition coefficient (Wildman–Crippen LogP) is 2.46. The number of rotatable bonds is 3. The molecule has 0 aliphatic carbocycles. The molecule has 2 rings (SSSR count). The SMILES string of the molecule is Cc1cccc(Cn2cc(C)c([N+](=O)[O-])n2)c1. The second-order valence-electron chi connectivity index (χ2n) is 4.08. The molecule has 0 saturated heterocycles. The molecule has 0 spiro atoms. The molecule has 1 heterocycles. The van der Waals surface area contributed by atoms with Crippen LogP contribution in [-0.4, -0.2) is 14.7 Å². The molecule has 0 saturated carbocycles.